The Labute approximate surface area is 114 Å². The molecule has 1 aromatic rings. The molecule has 0 aromatic heterocycles. The van der Waals surface area contributed by atoms with Gasteiger partial charge in [0, 0.05) is 12.1 Å². The summed E-state index contributed by atoms with van der Waals surface area (Å²) in [6.45, 7) is 0.599. The normalized spacial score (nSPS) is 16.7. The topological polar surface area (TPSA) is 69.4 Å². The zero-order valence-electron chi connectivity index (χ0n) is 11.0. The molecule has 0 atom stereocenters. The van der Waals surface area contributed by atoms with Gasteiger partial charge in [-0.3, -0.25) is 0 Å². The standard InChI is InChI=1S/C14H21NO3S/c15-11-12-5-1-4-8-14(12)18-9-10-19(16,17)13-6-2-3-7-13/h1,4-5,8,13H,2-3,6-7,9-11,15H2. The van der Waals surface area contributed by atoms with Gasteiger partial charge in [0.05, 0.1) is 11.0 Å². The Balaban J connectivity index is 1.89. The molecular formula is C14H21NO3S. The zero-order chi connectivity index (χ0) is 13.7. The van der Waals surface area contributed by atoms with Crippen LogP contribution in [-0.4, -0.2) is 26.0 Å². The van der Waals surface area contributed by atoms with E-state index in [9.17, 15) is 8.42 Å². The second-order valence-electron chi connectivity index (χ2n) is 4.93. The van der Waals surface area contributed by atoms with E-state index in [1.165, 1.54) is 0 Å². The van der Waals surface area contributed by atoms with Gasteiger partial charge in [-0.2, -0.15) is 0 Å². The van der Waals surface area contributed by atoms with Crippen molar-refractivity contribution >= 4 is 9.84 Å². The molecular weight excluding hydrogens is 262 g/mol. The maximum atomic E-state index is 12.1. The zero-order valence-corrected chi connectivity index (χ0v) is 11.9. The molecule has 1 saturated carbocycles. The smallest absolute Gasteiger partial charge is 0.156 e. The van der Waals surface area contributed by atoms with Crippen LogP contribution in [0.2, 0.25) is 0 Å². The van der Waals surface area contributed by atoms with Crippen molar-refractivity contribution in [1.29, 1.82) is 0 Å². The number of ether oxygens (including phenoxy) is 1. The summed E-state index contributed by atoms with van der Waals surface area (Å²) in [7, 11) is -3.01. The lowest BCUT2D eigenvalue weighted by Crippen LogP contribution is -2.24. The first kappa shape index (κ1) is 14.3. The van der Waals surface area contributed by atoms with Gasteiger partial charge in [-0.15, -0.1) is 0 Å². The highest BCUT2D eigenvalue weighted by atomic mass is 32.2. The van der Waals surface area contributed by atoms with Crippen LogP contribution in [0.4, 0.5) is 0 Å². The molecule has 4 nitrogen and oxygen atoms in total. The first-order chi connectivity index (χ1) is 9.13. The van der Waals surface area contributed by atoms with Crippen molar-refractivity contribution in [1.82, 2.24) is 0 Å². The van der Waals surface area contributed by atoms with Gasteiger partial charge in [-0.25, -0.2) is 8.42 Å². The van der Waals surface area contributed by atoms with E-state index >= 15 is 0 Å². The van der Waals surface area contributed by atoms with Gasteiger partial charge in [0.1, 0.15) is 12.4 Å². The fourth-order valence-electron chi connectivity index (χ4n) is 2.50. The first-order valence-electron chi connectivity index (χ1n) is 6.76. The summed E-state index contributed by atoms with van der Waals surface area (Å²) < 4.78 is 29.7. The van der Waals surface area contributed by atoms with E-state index in [4.69, 9.17) is 10.5 Å². The van der Waals surface area contributed by atoms with E-state index in [0.29, 0.717) is 12.3 Å². The number of nitrogens with two attached hydrogens (primary N) is 1. The van der Waals surface area contributed by atoms with Crippen molar-refractivity contribution in [3.63, 3.8) is 0 Å². The largest absolute Gasteiger partial charge is 0.492 e. The second kappa shape index (κ2) is 6.39. The number of rotatable bonds is 6. The van der Waals surface area contributed by atoms with E-state index in [1.54, 1.807) is 0 Å². The first-order valence-corrected chi connectivity index (χ1v) is 8.47. The van der Waals surface area contributed by atoms with E-state index in [1.807, 2.05) is 24.3 Å². The molecule has 2 rings (SSSR count). The molecule has 0 amide bonds. The highest BCUT2D eigenvalue weighted by Crippen LogP contribution is 2.25. The minimum Gasteiger partial charge on any atom is -0.492 e. The van der Waals surface area contributed by atoms with E-state index in [2.05, 4.69) is 0 Å². The molecule has 0 unspecified atom stereocenters. The molecule has 0 heterocycles. The van der Waals surface area contributed by atoms with Gasteiger partial charge < -0.3 is 10.5 Å². The molecule has 106 valence electrons. The third kappa shape index (κ3) is 3.70. The summed E-state index contributed by atoms with van der Waals surface area (Å²) in [5, 5.41) is -0.152. The molecule has 19 heavy (non-hydrogen) atoms. The number of para-hydroxylation sites is 1. The van der Waals surface area contributed by atoms with Crippen LogP contribution in [0.25, 0.3) is 0 Å². The van der Waals surface area contributed by atoms with Crippen LogP contribution in [0.15, 0.2) is 24.3 Å². The molecule has 0 radical (unpaired) electrons. The highest BCUT2D eigenvalue weighted by molar-refractivity contribution is 7.92. The molecule has 2 N–H and O–H groups in total. The number of sulfone groups is 1. The SMILES string of the molecule is NCc1ccccc1OCCS(=O)(=O)C1CCCC1. The fourth-order valence-corrected chi connectivity index (χ4v) is 4.20. The molecule has 0 spiro atoms. The second-order valence-corrected chi connectivity index (χ2v) is 7.33. The molecule has 1 aromatic carbocycles. The average molecular weight is 283 g/mol. The van der Waals surface area contributed by atoms with E-state index in [0.717, 1.165) is 31.2 Å². The van der Waals surface area contributed by atoms with Gasteiger partial charge in [-0.1, -0.05) is 31.0 Å². The van der Waals surface area contributed by atoms with Crippen LogP contribution < -0.4 is 10.5 Å². The minimum atomic E-state index is -3.01. The molecule has 5 heteroatoms. The van der Waals surface area contributed by atoms with Crippen LogP contribution in [0.3, 0.4) is 0 Å². The lowest BCUT2D eigenvalue weighted by atomic mass is 10.2. The predicted molar refractivity (Wildman–Crippen MR) is 75.9 cm³/mol. The summed E-state index contributed by atoms with van der Waals surface area (Å²) in [4.78, 5) is 0. The van der Waals surface area contributed by atoms with Crippen molar-refractivity contribution in [2.45, 2.75) is 37.5 Å². The summed E-state index contributed by atoms with van der Waals surface area (Å²) in [5.74, 6) is 0.781. The molecule has 0 bridgehead atoms. The number of benzene rings is 1. The molecule has 1 aliphatic carbocycles. The lowest BCUT2D eigenvalue weighted by molar-refractivity contribution is 0.337. The maximum absolute atomic E-state index is 12.1. The van der Waals surface area contributed by atoms with Crippen molar-refractivity contribution < 1.29 is 13.2 Å². The van der Waals surface area contributed by atoms with Crippen LogP contribution in [0.1, 0.15) is 31.2 Å². The monoisotopic (exact) mass is 283 g/mol. The molecule has 1 aliphatic rings. The Morgan fingerprint density at radius 2 is 1.89 bits per heavy atom. The fraction of sp³-hybridized carbons (Fsp3) is 0.571. The van der Waals surface area contributed by atoms with Crippen LogP contribution in [-0.2, 0) is 16.4 Å². The summed E-state index contributed by atoms with van der Waals surface area (Å²) >= 11 is 0. The molecule has 0 aliphatic heterocycles. The van der Waals surface area contributed by atoms with Gasteiger partial charge in [0.25, 0.3) is 0 Å². The van der Waals surface area contributed by atoms with Crippen molar-refractivity contribution in [2.24, 2.45) is 5.73 Å². The summed E-state index contributed by atoms with van der Waals surface area (Å²) in [5.41, 5.74) is 6.51. The third-order valence-electron chi connectivity index (χ3n) is 3.63. The Morgan fingerprint density at radius 3 is 2.58 bits per heavy atom. The summed E-state index contributed by atoms with van der Waals surface area (Å²) in [6, 6.07) is 7.47. The average Bonchev–Trinajstić information content (AvgIpc) is 2.94. The van der Waals surface area contributed by atoms with Gasteiger partial charge >= 0.3 is 0 Å². The van der Waals surface area contributed by atoms with Crippen molar-refractivity contribution in [3.05, 3.63) is 29.8 Å². The maximum Gasteiger partial charge on any atom is 0.156 e. The van der Waals surface area contributed by atoms with E-state index < -0.39 is 9.84 Å². The third-order valence-corrected chi connectivity index (χ3v) is 5.85. The van der Waals surface area contributed by atoms with Gasteiger partial charge in [-0.05, 0) is 18.9 Å². The van der Waals surface area contributed by atoms with Crippen molar-refractivity contribution in [3.8, 4) is 5.75 Å². The van der Waals surface area contributed by atoms with Gasteiger partial charge in [0.15, 0.2) is 9.84 Å². The predicted octanol–water partition coefficient (Wildman–Crippen LogP) is 1.88. The molecule has 1 fully saturated rings. The Hall–Kier alpha value is -1.07. The van der Waals surface area contributed by atoms with Crippen LogP contribution in [0.5, 0.6) is 5.75 Å². The Bertz CT molecular complexity index is 507. The van der Waals surface area contributed by atoms with Gasteiger partial charge in [0.2, 0.25) is 0 Å². The molecule has 0 saturated heterocycles. The number of hydrogen-bond acceptors (Lipinski definition) is 4. The van der Waals surface area contributed by atoms with Crippen LogP contribution >= 0.6 is 0 Å². The van der Waals surface area contributed by atoms with Crippen molar-refractivity contribution in [2.75, 3.05) is 12.4 Å². The van der Waals surface area contributed by atoms with Crippen LogP contribution in [0, 0.1) is 0 Å². The highest BCUT2D eigenvalue weighted by Gasteiger charge is 2.28. The Kier molecular flexibility index (Phi) is 4.82. The Morgan fingerprint density at radius 1 is 1.21 bits per heavy atom. The lowest BCUT2D eigenvalue weighted by Gasteiger charge is -2.13. The minimum absolute atomic E-state index is 0.0938. The van der Waals surface area contributed by atoms with E-state index in [-0.39, 0.29) is 17.6 Å². The summed E-state index contributed by atoms with van der Waals surface area (Å²) in [6.07, 6.45) is 3.67. The number of hydrogen-bond donors (Lipinski definition) is 1. The quantitative estimate of drug-likeness (QED) is 0.865.